The van der Waals surface area contributed by atoms with Gasteiger partial charge in [0.05, 0.1) is 16.1 Å². The first-order valence-electron chi connectivity index (χ1n) is 8.31. The van der Waals surface area contributed by atoms with Crippen LogP contribution >= 0.6 is 35.4 Å². The number of allylic oxidation sites excluding steroid dienone is 1. The van der Waals surface area contributed by atoms with Crippen molar-refractivity contribution >= 4 is 46.3 Å². The zero-order valence-corrected chi connectivity index (χ0v) is 17.1. The second kappa shape index (κ2) is 8.30. The van der Waals surface area contributed by atoms with Gasteiger partial charge >= 0.3 is 0 Å². The molecule has 7 heteroatoms. The summed E-state index contributed by atoms with van der Waals surface area (Å²) < 4.78 is 5.81. The van der Waals surface area contributed by atoms with Crippen molar-refractivity contribution in [1.29, 1.82) is 0 Å². The molecule has 4 nitrogen and oxygen atoms in total. The molecule has 140 valence electrons. The first-order valence-corrected chi connectivity index (χ1v) is 9.47. The number of halogens is 2. The molecule has 0 aromatic heterocycles. The fourth-order valence-electron chi connectivity index (χ4n) is 2.96. The van der Waals surface area contributed by atoms with Crippen LogP contribution in [0.2, 0.25) is 10.0 Å². The fraction of sp³-hybridized carbons (Fsp3) is 0.200. The van der Waals surface area contributed by atoms with E-state index in [0.29, 0.717) is 33.1 Å². The molecule has 0 fully saturated rings. The number of hydrogen-bond donors (Lipinski definition) is 2. The van der Waals surface area contributed by atoms with Gasteiger partial charge < -0.3 is 15.4 Å². The van der Waals surface area contributed by atoms with E-state index in [-0.39, 0.29) is 11.8 Å². The van der Waals surface area contributed by atoms with E-state index >= 15 is 0 Å². The highest BCUT2D eigenvalue weighted by atomic mass is 35.5. The number of ketones is 1. The highest BCUT2D eigenvalue weighted by Gasteiger charge is 2.27. The van der Waals surface area contributed by atoms with E-state index in [2.05, 4.69) is 10.6 Å². The Morgan fingerprint density at radius 3 is 2.48 bits per heavy atom. The van der Waals surface area contributed by atoms with Crippen LogP contribution in [0.1, 0.15) is 31.0 Å². The lowest BCUT2D eigenvalue weighted by Crippen LogP contribution is -2.44. The van der Waals surface area contributed by atoms with Crippen LogP contribution in [0, 0.1) is 0 Å². The van der Waals surface area contributed by atoms with Gasteiger partial charge in [-0.05, 0) is 61.5 Å². The lowest BCUT2D eigenvalue weighted by atomic mass is 9.93. The number of thiocarbonyl (C=S) groups is 1. The van der Waals surface area contributed by atoms with E-state index in [9.17, 15) is 4.79 Å². The van der Waals surface area contributed by atoms with Crippen LogP contribution in [0.3, 0.4) is 0 Å². The number of benzene rings is 2. The smallest absolute Gasteiger partial charge is 0.171 e. The number of ether oxygens (including phenoxy) is 1. The van der Waals surface area contributed by atoms with E-state index in [4.69, 9.17) is 40.2 Å². The molecule has 1 unspecified atom stereocenters. The zero-order chi connectivity index (χ0) is 19.6. The molecule has 1 aliphatic heterocycles. The van der Waals surface area contributed by atoms with E-state index in [1.54, 1.807) is 19.1 Å². The van der Waals surface area contributed by atoms with E-state index in [1.165, 1.54) is 0 Å². The van der Waals surface area contributed by atoms with Crippen LogP contribution in [-0.2, 0) is 11.4 Å². The number of carbonyl (C=O) groups excluding carboxylic acids is 1. The molecule has 0 saturated heterocycles. The molecule has 0 saturated carbocycles. The summed E-state index contributed by atoms with van der Waals surface area (Å²) in [6.45, 7) is 3.79. The minimum atomic E-state index is -0.277. The third kappa shape index (κ3) is 4.61. The molecule has 1 atom stereocenters. The molecule has 27 heavy (non-hydrogen) atoms. The summed E-state index contributed by atoms with van der Waals surface area (Å²) in [4.78, 5) is 12.1. The van der Waals surface area contributed by atoms with Crippen molar-refractivity contribution in [2.24, 2.45) is 0 Å². The molecule has 0 amide bonds. The van der Waals surface area contributed by atoms with Crippen LogP contribution in [0.15, 0.2) is 53.7 Å². The van der Waals surface area contributed by atoms with Crippen molar-refractivity contribution in [2.45, 2.75) is 26.5 Å². The van der Waals surface area contributed by atoms with Gasteiger partial charge in [0, 0.05) is 11.3 Å². The third-order valence-corrected chi connectivity index (χ3v) is 5.21. The summed E-state index contributed by atoms with van der Waals surface area (Å²) in [7, 11) is 0. The van der Waals surface area contributed by atoms with Crippen molar-refractivity contribution in [3.63, 3.8) is 0 Å². The monoisotopic (exact) mass is 420 g/mol. The second-order valence-corrected chi connectivity index (χ2v) is 7.46. The Hall–Kier alpha value is -2.08. The fourth-order valence-corrected chi connectivity index (χ4v) is 3.56. The van der Waals surface area contributed by atoms with Gasteiger partial charge in [0.25, 0.3) is 0 Å². The normalized spacial score (nSPS) is 16.6. The predicted octanol–water partition coefficient (Wildman–Crippen LogP) is 4.95. The maximum Gasteiger partial charge on any atom is 0.171 e. The van der Waals surface area contributed by atoms with Gasteiger partial charge in [-0.2, -0.15) is 0 Å². The Balaban J connectivity index is 1.74. The SMILES string of the molecule is CC(=O)C1=C(C)NC(=S)NC1c1ccc(OCc2ccc(Cl)c(Cl)c2)cc1. The Morgan fingerprint density at radius 2 is 1.85 bits per heavy atom. The number of rotatable bonds is 5. The van der Waals surface area contributed by atoms with Gasteiger partial charge in [0.15, 0.2) is 10.9 Å². The number of Topliss-reactive ketones (excluding diaryl/α,β-unsaturated/α-hetero) is 1. The van der Waals surface area contributed by atoms with Crippen LogP contribution < -0.4 is 15.4 Å². The highest BCUT2D eigenvalue weighted by Crippen LogP contribution is 2.29. The summed E-state index contributed by atoms with van der Waals surface area (Å²) in [6, 6.07) is 12.7. The standard InChI is InChI=1S/C20H18Cl2N2O2S/c1-11-18(12(2)25)19(24-20(27)23-11)14-4-6-15(7-5-14)26-10-13-3-8-16(21)17(22)9-13/h3-9,19H,10H2,1-2H3,(H2,23,24,27). The highest BCUT2D eigenvalue weighted by molar-refractivity contribution is 7.80. The quantitative estimate of drug-likeness (QED) is 0.669. The molecule has 1 aliphatic rings. The van der Waals surface area contributed by atoms with Crippen LogP contribution in [0.5, 0.6) is 5.75 Å². The van der Waals surface area contributed by atoms with Gasteiger partial charge in [-0.1, -0.05) is 41.4 Å². The van der Waals surface area contributed by atoms with E-state index in [1.807, 2.05) is 37.3 Å². The molecule has 0 aliphatic carbocycles. The summed E-state index contributed by atoms with van der Waals surface area (Å²) >= 11 is 17.2. The summed E-state index contributed by atoms with van der Waals surface area (Å²) in [5, 5.41) is 7.68. The van der Waals surface area contributed by atoms with Gasteiger partial charge in [-0.3, -0.25) is 4.79 Å². The minimum Gasteiger partial charge on any atom is -0.489 e. The van der Waals surface area contributed by atoms with Crippen molar-refractivity contribution in [1.82, 2.24) is 10.6 Å². The van der Waals surface area contributed by atoms with E-state index < -0.39 is 0 Å². The van der Waals surface area contributed by atoms with Crippen molar-refractivity contribution in [2.75, 3.05) is 0 Å². The molecule has 0 radical (unpaired) electrons. The Kier molecular flexibility index (Phi) is 6.05. The van der Waals surface area contributed by atoms with Gasteiger partial charge in [-0.15, -0.1) is 0 Å². The maximum atomic E-state index is 12.1. The summed E-state index contributed by atoms with van der Waals surface area (Å²) in [5.41, 5.74) is 3.31. The third-order valence-electron chi connectivity index (χ3n) is 4.25. The topological polar surface area (TPSA) is 50.4 Å². The average Bonchev–Trinajstić information content (AvgIpc) is 2.62. The molecule has 2 N–H and O–H groups in total. The lowest BCUT2D eigenvalue weighted by molar-refractivity contribution is -0.114. The van der Waals surface area contributed by atoms with Crippen molar-refractivity contribution in [3.8, 4) is 5.75 Å². The number of hydrogen-bond acceptors (Lipinski definition) is 3. The zero-order valence-electron chi connectivity index (χ0n) is 14.8. The molecule has 3 rings (SSSR count). The molecule has 0 spiro atoms. The predicted molar refractivity (Wildman–Crippen MR) is 112 cm³/mol. The molecular weight excluding hydrogens is 403 g/mol. The molecule has 1 heterocycles. The molecular formula is C20H18Cl2N2O2S. The number of carbonyl (C=O) groups is 1. The first-order chi connectivity index (χ1) is 12.8. The van der Waals surface area contributed by atoms with Crippen LogP contribution in [0.4, 0.5) is 0 Å². The summed E-state index contributed by atoms with van der Waals surface area (Å²) in [5.74, 6) is 0.714. The first kappa shape index (κ1) is 19.7. The van der Waals surface area contributed by atoms with Crippen LogP contribution in [0.25, 0.3) is 0 Å². The lowest BCUT2D eigenvalue weighted by Gasteiger charge is -2.29. The number of nitrogens with one attached hydrogen (secondary N) is 2. The Labute approximate surface area is 173 Å². The van der Waals surface area contributed by atoms with Gasteiger partial charge in [0.2, 0.25) is 0 Å². The average molecular weight is 421 g/mol. The Bertz CT molecular complexity index is 926. The Morgan fingerprint density at radius 1 is 1.15 bits per heavy atom. The van der Waals surface area contributed by atoms with Crippen molar-refractivity contribution < 1.29 is 9.53 Å². The molecule has 0 bridgehead atoms. The van der Waals surface area contributed by atoms with Gasteiger partial charge in [0.1, 0.15) is 12.4 Å². The minimum absolute atomic E-state index is 0.0000522. The maximum absolute atomic E-state index is 12.1. The van der Waals surface area contributed by atoms with Crippen LogP contribution in [-0.4, -0.2) is 10.9 Å². The largest absolute Gasteiger partial charge is 0.489 e. The van der Waals surface area contributed by atoms with E-state index in [0.717, 1.165) is 16.8 Å². The molecule has 2 aromatic rings. The molecule has 2 aromatic carbocycles. The summed E-state index contributed by atoms with van der Waals surface area (Å²) in [6.07, 6.45) is 0. The van der Waals surface area contributed by atoms with Gasteiger partial charge in [-0.25, -0.2) is 0 Å². The van der Waals surface area contributed by atoms with Crippen molar-refractivity contribution in [3.05, 3.63) is 74.9 Å². The second-order valence-electron chi connectivity index (χ2n) is 6.23.